The summed E-state index contributed by atoms with van der Waals surface area (Å²) in [6.07, 6.45) is 3.50. The number of hydrogen-bond acceptors (Lipinski definition) is 6. The molecule has 4 heterocycles. The van der Waals surface area contributed by atoms with Crippen LogP contribution in [0.2, 0.25) is 0 Å². The van der Waals surface area contributed by atoms with Crippen molar-refractivity contribution in [2.75, 3.05) is 36.5 Å². The molecule has 1 N–H and O–H groups in total. The van der Waals surface area contributed by atoms with E-state index in [9.17, 15) is 4.39 Å². The largest absolute Gasteiger partial charge is 0.378 e. The number of anilines is 3. The van der Waals surface area contributed by atoms with Crippen molar-refractivity contribution in [2.24, 2.45) is 0 Å². The molecule has 0 unspecified atom stereocenters. The molecule has 38 heavy (non-hydrogen) atoms. The minimum Gasteiger partial charge on any atom is -0.378 e. The summed E-state index contributed by atoms with van der Waals surface area (Å²) in [5.74, 6) is -0.579. The molecule has 0 amide bonds. The van der Waals surface area contributed by atoms with Crippen LogP contribution in [0.3, 0.4) is 0 Å². The summed E-state index contributed by atoms with van der Waals surface area (Å²) >= 11 is 0. The summed E-state index contributed by atoms with van der Waals surface area (Å²) in [6, 6.07) is 19.5. The molecule has 190 valence electrons. The van der Waals surface area contributed by atoms with E-state index in [0.717, 1.165) is 41.8 Å². The molecule has 2 aromatic carbocycles. The Morgan fingerprint density at radius 2 is 1.71 bits per heavy atom. The van der Waals surface area contributed by atoms with Crippen LogP contribution in [0.4, 0.5) is 26.0 Å². The predicted octanol–water partition coefficient (Wildman–Crippen LogP) is 6.53. The Hall–Kier alpha value is -4.43. The van der Waals surface area contributed by atoms with Gasteiger partial charge in [-0.1, -0.05) is 36.4 Å². The number of halogens is 2. The molecule has 5 aromatic rings. The van der Waals surface area contributed by atoms with Gasteiger partial charge in [-0.2, -0.15) is 0 Å². The lowest BCUT2D eigenvalue weighted by atomic mass is 10.0. The number of nitrogens with zero attached hydrogens (tertiary/aromatic N) is 4. The number of pyridine rings is 3. The topological polar surface area (TPSA) is 63.2 Å². The van der Waals surface area contributed by atoms with Crippen molar-refractivity contribution >= 4 is 28.1 Å². The molecule has 0 saturated carbocycles. The van der Waals surface area contributed by atoms with Crippen LogP contribution in [-0.4, -0.2) is 41.3 Å². The van der Waals surface area contributed by atoms with Gasteiger partial charge < -0.3 is 15.0 Å². The van der Waals surface area contributed by atoms with E-state index in [0.29, 0.717) is 35.9 Å². The number of benzene rings is 2. The Balaban J connectivity index is 1.56. The summed E-state index contributed by atoms with van der Waals surface area (Å²) in [6.45, 7) is 4.58. The highest BCUT2D eigenvalue weighted by molar-refractivity contribution is 5.99. The van der Waals surface area contributed by atoms with Gasteiger partial charge in [0.15, 0.2) is 0 Å². The number of aromatic nitrogens is 3. The molecular weight excluding hydrogens is 484 g/mol. The van der Waals surface area contributed by atoms with E-state index in [1.165, 1.54) is 6.07 Å². The van der Waals surface area contributed by atoms with Crippen molar-refractivity contribution in [3.8, 4) is 22.5 Å². The highest BCUT2D eigenvalue weighted by Gasteiger charge is 2.21. The number of fused-ring (bicyclic) bond motifs is 1. The van der Waals surface area contributed by atoms with Gasteiger partial charge in [-0.05, 0) is 24.6 Å². The van der Waals surface area contributed by atoms with Crippen LogP contribution < -0.4 is 10.2 Å². The first-order valence-electron chi connectivity index (χ1n) is 12.4. The van der Waals surface area contributed by atoms with Crippen molar-refractivity contribution in [1.82, 2.24) is 15.0 Å². The average molecular weight is 510 g/mol. The quantitative estimate of drug-likeness (QED) is 0.291. The first kappa shape index (κ1) is 23.9. The van der Waals surface area contributed by atoms with E-state index in [1.54, 1.807) is 6.20 Å². The Kier molecular flexibility index (Phi) is 6.39. The molecule has 6 rings (SSSR count). The Labute approximate surface area is 219 Å². The summed E-state index contributed by atoms with van der Waals surface area (Å²) in [7, 11) is 0. The van der Waals surface area contributed by atoms with E-state index in [-0.39, 0.29) is 10.9 Å². The van der Waals surface area contributed by atoms with Crippen LogP contribution in [0.25, 0.3) is 33.4 Å². The Morgan fingerprint density at radius 3 is 2.47 bits per heavy atom. The van der Waals surface area contributed by atoms with Gasteiger partial charge in [0.05, 0.1) is 46.9 Å². The molecule has 8 heteroatoms. The lowest BCUT2D eigenvalue weighted by Crippen LogP contribution is -2.36. The molecule has 1 aliphatic heterocycles. The zero-order valence-electron chi connectivity index (χ0n) is 20.8. The molecule has 6 nitrogen and oxygen atoms in total. The smallest absolute Gasteiger partial charge is 0.137 e. The second-order valence-electron chi connectivity index (χ2n) is 9.14. The molecule has 1 saturated heterocycles. The summed E-state index contributed by atoms with van der Waals surface area (Å²) in [4.78, 5) is 16.0. The first-order valence-corrected chi connectivity index (χ1v) is 12.4. The van der Waals surface area contributed by atoms with Crippen LogP contribution in [0.15, 0.2) is 79.1 Å². The second-order valence-corrected chi connectivity index (χ2v) is 9.14. The first-order chi connectivity index (χ1) is 18.6. The highest BCUT2D eigenvalue weighted by Crippen LogP contribution is 2.39. The minimum absolute atomic E-state index is 0.208. The second kappa shape index (κ2) is 10.1. The lowest BCUT2D eigenvalue weighted by molar-refractivity contribution is 0.122. The molecular formula is C30H25F2N5O. The zero-order chi connectivity index (χ0) is 26.1. The van der Waals surface area contributed by atoms with Crippen molar-refractivity contribution in [3.05, 3.63) is 96.3 Å². The van der Waals surface area contributed by atoms with Gasteiger partial charge >= 0.3 is 0 Å². The van der Waals surface area contributed by atoms with Crippen LogP contribution in [-0.2, 0) is 4.74 Å². The number of nitrogens with one attached hydrogen (secondary N) is 1. The fourth-order valence-corrected chi connectivity index (χ4v) is 4.81. The maximum atomic E-state index is 15.3. The molecule has 0 radical (unpaired) electrons. The Bertz CT molecular complexity index is 1610. The average Bonchev–Trinajstić information content (AvgIpc) is 2.95. The minimum atomic E-state index is -0.687. The molecule has 0 aliphatic carbocycles. The van der Waals surface area contributed by atoms with Crippen LogP contribution in [0.1, 0.15) is 5.56 Å². The van der Waals surface area contributed by atoms with E-state index in [1.807, 2.05) is 67.7 Å². The van der Waals surface area contributed by atoms with E-state index < -0.39 is 11.6 Å². The van der Waals surface area contributed by atoms with Crippen molar-refractivity contribution in [3.63, 3.8) is 0 Å². The fourth-order valence-electron chi connectivity index (χ4n) is 4.81. The number of morpholine rings is 1. The van der Waals surface area contributed by atoms with Crippen LogP contribution in [0, 0.1) is 18.6 Å². The highest BCUT2D eigenvalue weighted by atomic mass is 19.1. The number of rotatable bonds is 5. The van der Waals surface area contributed by atoms with Gasteiger partial charge in [0.25, 0.3) is 0 Å². The summed E-state index contributed by atoms with van der Waals surface area (Å²) in [5.41, 5.74) is 5.15. The molecule has 0 atom stereocenters. The van der Waals surface area contributed by atoms with E-state index in [4.69, 9.17) is 9.72 Å². The van der Waals surface area contributed by atoms with Crippen molar-refractivity contribution < 1.29 is 13.5 Å². The van der Waals surface area contributed by atoms with Gasteiger partial charge in [-0.25, -0.2) is 18.7 Å². The summed E-state index contributed by atoms with van der Waals surface area (Å²) in [5, 5.41) is 3.72. The third-order valence-corrected chi connectivity index (χ3v) is 6.72. The molecule has 1 aliphatic rings. The van der Waals surface area contributed by atoms with Gasteiger partial charge in [0.2, 0.25) is 0 Å². The van der Waals surface area contributed by atoms with Gasteiger partial charge in [0, 0.05) is 54.8 Å². The van der Waals surface area contributed by atoms with Gasteiger partial charge in [-0.3, -0.25) is 4.98 Å². The van der Waals surface area contributed by atoms with Crippen LogP contribution in [0.5, 0.6) is 0 Å². The monoisotopic (exact) mass is 509 g/mol. The molecule has 0 spiro atoms. The maximum Gasteiger partial charge on any atom is 0.137 e. The van der Waals surface area contributed by atoms with E-state index in [2.05, 4.69) is 20.2 Å². The van der Waals surface area contributed by atoms with Crippen molar-refractivity contribution in [1.29, 1.82) is 0 Å². The van der Waals surface area contributed by atoms with E-state index >= 15 is 4.39 Å². The third-order valence-electron chi connectivity index (χ3n) is 6.72. The maximum absolute atomic E-state index is 15.3. The normalized spacial score (nSPS) is 13.6. The molecule has 3 aromatic heterocycles. The Morgan fingerprint density at radius 1 is 0.921 bits per heavy atom. The number of ether oxygens (including phenoxy) is 1. The zero-order valence-corrected chi connectivity index (χ0v) is 20.8. The van der Waals surface area contributed by atoms with Crippen molar-refractivity contribution in [2.45, 2.75) is 6.92 Å². The summed E-state index contributed by atoms with van der Waals surface area (Å²) < 4.78 is 35.2. The SMILES string of the molecule is Cc1c(-c2ccccn2)nc2cc(F)cc(F)c2c1Nc1cc(N2CCOCC2)ncc1-c1ccccc1. The number of hydrogen-bond donors (Lipinski definition) is 1. The molecule has 0 bridgehead atoms. The van der Waals surface area contributed by atoms with Crippen LogP contribution >= 0.6 is 0 Å². The van der Waals surface area contributed by atoms with Gasteiger partial charge in [0.1, 0.15) is 17.5 Å². The van der Waals surface area contributed by atoms with Gasteiger partial charge in [-0.15, -0.1) is 0 Å². The standard InChI is InChI=1S/C30H25F2N5O/c1-19-29(24-9-5-6-10-33-24)36-26-16-21(31)15-23(32)28(26)30(19)35-25-17-27(37-11-13-38-14-12-37)34-18-22(25)20-7-3-2-4-8-20/h2-10,15-18H,11-14H2,1H3,(H,34,35,36). The molecule has 1 fully saturated rings. The fraction of sp³-hybridized carbons (Fsp3) is 0.167. The third kappa shape index (κ3) is 4.54. The lowest BCUT2D eigenvalue weighted by Gasteiger charge is -2.28. The predicted molar refractivity (Wildman–Crippen MR) is 146 cm³/mol.